The lowest BCUT2D eigenvalue weighted by atomic mass is 10.2. The number of rotatable bonds is 5. The van der Waals surface area contributed by atoms with Gasteiger partial charge in [0.25, 0.3) is 5.91 Å². The van der Waals surface area contributed by atoms with E-state index in [0.29, 0.717) is 5.76 Å². The minimum absolute atomic E-state index is 0.165. The van der Waals surface area contributed by atoms with Crippen molar-refractivity contribution in [1.29, 1.82) is 0 Å². The van der Waals surface area contributed by atoms with Crippen molar-refractivity contribution in [3.05, 3.63) is 53.5 Å². The fourth-order valence-corrected chi connectivity index (χ4v) is 1.67. The molecule has 0 bridgehead atoms. The molecule has 0 unspecified atom stereocenters. The highest BCUT2D eigenvalue weighted by Gasteiger charge is 2.00. The first-order valence-electron chi connectivity index (χ1n) is 6.32. The second kappa shape index (κ2) is 6.56. The Labute approximate surface area is 117 Å². The second-order valence-corrected chi connectivity index (χ2v) is 4.46. The van der Waals surface area contributed by atoms with Gasteiger partial charge in [0.05, 0.1) is 12.8 Å². The number of nitrogens with one attached hydrogen (secondary N) is 2. The lowest BCUT2D eigenvalue weighted by Crippen LogP contribution is -2.25. The number of hydrogen-bond acceptors (Lipinski definition) is 4. The highest BCUT2D eigenvalue weighted by Crippen LogP contribution is 2.08. The van der Waals surface area contributed by atoms with Crippen molar-refractivity contribution in [2.75, 3.05) is 11.9 Å². The Balaban J connectivity index is 1.77. The van der Waals surface area contributed by atoms with Gasteiger partial charge in [-0.25, -0.2) is 5.43 Å². The van der Waals surface area contributed by atoms with Gasteiger partial charge < -0.3 is 9.73 Å². The number of furan rings is 1. The van der Waals surface area contributed by atoms with E-state index < -0.39 is 0 Å². The first-order chi connectivity index (χ1) is 9.63. The standard InChI is InChI=1S/C15H17N3O2/c1-11-4-3-5-13(8-11)16-10-15(19)18-17-9-14-7-6-12(2)20-14/h3-9,16H,10H2,1-2H3,(H,18,19). The Hall–Kier alpha value is -2.56. The summed E-state index contributed by atoms with van der Waals surface area (Å²) in [5.41, 5.74) is 4.48. The van der Waals surface area contributed by atoms with Crippen molar-refractivity contribution in [2.24, 2.45) is 5.10 Å². The second-order valence-electron chi connectivity index (χ2n) is 4.46. The number of aryl methyl sites for hydroxylation is 2. The molecule has 0 radical (unpaired) electrons. The van der Waals surface area contributed by atoms with E-state index in [1.807, 2.05) is 44.2 Å². The molecule has 20 heavy (non-hydrogen) atoms. The maximum Gasteiger partial charge on any atom is 0.259 e. The van der Waals surface area contributed by atoms with Gasteiger partial charge in [0.1, 0.15) is 11.5 Å². The van der Waals surface area contributed by atoms with Gasteiger partial charge in [-0.3, -0.25) is 4.79 Å². The van der Waals surface area contributed by atoms with Crippen LogP contribution in [0.2, 0.25) is 0 Å². The predicted octanol–water partition coefficient (Wildman–Crippen LogP) is 2.46. The van der Waals surface area contributed by atoms with E-state index >= 15 is 0 Å². The summed E-state index contributed by atoms with van der Waals surface area (Å²) in [6.45, 7) is 4.01. The summed E-state index contributed by atoms with van der Waals surface area (Å²) in [6, 6.07) is 11.4. The minimum atomic E-state index is -0.217. The number of hydrogen-bond donors (Lipinski definition) is 2. The molecular formula is C15H17N3O2. The van der Waals surface area contributed by atoms with Gasteiger partial charge in [0.15, 0.2) is 0 Å². The molecule has 0 saturated heterocycles. The lowest BCUT2D eigenvalue weighted by molar-refractivity contribution is -0.119. The van der Waals surface area contributed by atoms with Crippen LogP contribution in [0.25, 0.3) is 0 Å². The van der Waals surface area contributed by atoms with Gasteiger partial charge in [-0.2, -0.15) is 5.10 Å². The van der Waals surface area contributed by atoms with E-state index in [9.17, 15) is 4.79 Å². The smallest absolute Gasteiger partial charge is 0.259 e. The maximum absolute atomic E-state index is 11.6. The zero-order chi connectivity index (χ0) is 14.4. The average Bonchev–Trinajstić information content (AvgIpc) is 2.82. The maximum atomic E-state index is 11.6. The van der Waals surface area contributed by atoms with Crippen molar-refractivity contribution in [1.82, 2.24) is 5.43 Å². The molecule has 5 heteroatoms. The number of carbonyl (C=O) groups is 1. The van der Waals surface area contributed by atoms with E-state index in [0.717, 1.165) is 17.0 Å². The monoisotopic (exact) mass is 271 g/mol. The van der Waals surface area contributed by atoms with Crippen molar-refractivity contribution < 1.29 is 9.21 Å². The number of anilines is 1. The largest absolute Gasteiger partial charge is 0.460 e. The quantitative estimate of drug-likeness (QED) is 0.648. The van der Waals surface area contributed by atoms with Crippen LogP contribution in [0, 0.1) is 13.8 Å². The van der Waals surface area contributed by atoms with Crippen LogP contribution in [-0.2, 0) is 4.79 Å². The Morgan fingerprint density at radius 3 is 2.85 bits per heavy atom. The third kappa shape index (κ3) is 4.28. The first-order valence-corrected chi connectivity index (χ1v) is 6.32. The highest BCUT2D eigenvalue weighted by atomic mass is 16.3. The van der Waals surface area contributed by atoms with E-state index in [-0.39, 0.29) is 12.5 Å². The van der Waals surface area contributed by atoms with Crippen LogP contribution in [0.1, 0.15) is 17.1 Å². The predicted molar refractivity (Wildman–Crippen MR) is 78.9 cm³/mol. The molecular weight excluding hydrogens is 254 g/mol. The molecule has 2 rings (SSSR count). The molecule has 0 aliphatic heterocycles. The molecule has 2 N–H and O–H groups in total. The molecule has 0 fully saturated rings. The molecule has 0 atom stereocenters. The third-order valence-electron chi connectivity index (χ3n) is 2.61. The van der Waals surface area contributed by atoms with Gasteiger partial charge in [-0.15, -0.1) is 0 Å². The number of amides is 1. The van der Waals surface area contributed by atoms with Crippen molar-refractivity contribution in [2.45, 2.75) is 13.8 Å². The van der Waals surface area contributed by atoms with E-state index in [1.165, 1.54) is 6.21 Å². The average molecular weight is 271 g/mol. The molecule has 1 heterocycles. The van der Waals surface area contributed by atoms with Gasteiger partial charge in [-0.1, -0.05) is 12.1 Å². The summed E-state index contributed by atoms with van der Waals surface area (Å²) in [6.07, 6.45) is 1.47. The fourth-order valence-electron chi connectivity index (χ4n) is 1.67. The molecule has 0 spiro atoms. The molecule has 5 nitrogen and oxygen atoms in total. The van der Waals surface area contributed by atoms with Crippen LogP contribution < -0.4 is 10.7 Å². The molecule has 0 aliphatic rings. The van der Waals surface area contributed by atoms with Gasteiger partial charge in [0.2, 0.25) is 0 Å². The van der Waals surface area contributed by atoms with Crippen LogP contribution in [0.5, 0.6) is 0 Å². The summed E-state index contributed by atoms with van der Waals surface area (Å²) in [5.74, 6) is 1.19. The van der Waals surface area contributed by atoms with Crippen LogP contribution in [0.4, 0.5) is 5.69 Å². The third-order valence-corrected chi connectivity index (χ3v) is 2.61. The normalized spacial score (nSPS) is 10.7. The topological polar surface area (TPSA) is 66.6 Å². The summed E-state index contributed by atoms with van der Waals surface area (Å²) in [7, 11) is 0. The van der Waals surface area contributed by atoms with Gasteiger partial charge in [0, 0.05) is 5.69 Å². The molecule has 1 aromatic carbocycles. The number of nitrogens with zero attached hydrogens (tertiary/aromatic N) is 1. The zero-order valence-electron chi connectivity index (χ0n) is 11.5. The van der Waals surface area contributed by atoms with E-state index in [4.69, 9.17) is 4.42 Å². The van der Waals surface area contributed by atoms with Crippen molar-refractivity contribution >= 4 is 17.8 Å². The van der Waals surface area contributed by atoms with Crippen LogP contribution >= 0.6 is 0 Å². The Morgan fingerprint density at radius 1 is 1.30 bits per heavy atom. The Bertz CT molecular complexity index is 617. The summed E-state index contributed by atoms with van der Waals surface area (Å²) < 4.78 is 5.29. The number of carbonyl (C=O) groups excluding carboxylic acids is 1. The van der Waals surface area contributed by atoms with Gasteiger partial charge in [-0.05, 0) is 43.7 Å². The zero-order valence-corrected chi connectivity index (χ0v) is 11.5. The first kappa shape index (κ1) is 13.9. The number of hydrazone groups is 1. The van der Waals surface area contributed by atoms with Gasteiger partial charge >= 0.3 is 0 Å². The van der Waals surface area contributed by atoms with Crippen LogP contribution in [0.3, 0.4) is 0 Å². The fraction of sp³-hybridized carbons (Fsp3) is 0.200. The lowest BCUT2D eigenvalue weighted by Gasteiger charge is -2.05. The van der Waals surface area contributed by atoms with Crippen molar-refractivity contribution in [3.8, 4) is 0 Å². The highest BCUT2D eigenvalue weighted by molar-refractivity contribution is 5.83. The van der Waals surface area contributed by atoms with E-state index in [2.05, 4.69) is 15.8 Å². The number of benzene rings is 1. The minimum Gasteiger partial charge on any atom is -0.460 e. The van der Waals surface area contributed by atoms with E-state index in [1.54, 1.807) is 6.07 Å². The molecule has 1 amide bonds. The molecule has 104 valence electrons. The molecule has 0 aliphatic carbocycles. The Kier molecular flexibility index (Phi) is 4.55. The summed E-state index contributed by atoms with van der Waals surface area (Å²) >= 11 is 0. The molecule has 0 saturated carbocycles. The SMILES string of the molecule is Cc1cccc(NCC(=O)NN=Cc2ccc(C)o2)c1. The summed E-state index contributed by atoms with van der Waals surface area (Å²) in [4.78, 5) is 11.6. The Morgan fingerprint density at radius 2 is 2.15 bits per heavy atom. The molecule has 2 aromatic rings. The van der Waals surface area contributed by atoms with Crippen LogP contribution in [-0.4, -0.2) is 18.7 Å². The summed E-state index contributed by atoms with van der Waals surface area (Å²) in [5, 5.41) is 6.86. The van der Waals surface area contributed by atoms with Crippen molar-refractivity contribution in [3.63, 3.8) is 0 Å². The van der Waals surface area contributed by atoms with Crippen LogP contribution in [0.15, 0.2) is 45.9 Å². The molecule has 1 aromatic heterocycles.